The first kappa shape index (κ1) is 74.3. The topological polar surface area (TPSA) is 78.9 Å². The number of carbonyl (C=O) groups is 3. The van der Waals surface area contributed by atoms with Crippen molar-refractivity contribution in [3.05, 3.63) is 97.2 Å². The molecule has 0 aromatic heterocycles. The zero-order valence-electron chi connectivity index (χ0n) is 51.4. The van der Waals surface area contributed by atoms with Crippen LogP contribution in [0.1, 0.15) is 323 Å². The van der Waals surface area contributed by atoms with Crippen molar-refractivity contribution in [2.24, 2.45) is 0 Å². The SMILES string of the molecule is CC/C=C\C/C=C\C/C=C\C/C=C\C/C=C\C/C=C\CCCCC(=O)OC(COC(=O)CCCCCCC/C=C\CCCCCCCCC)COC(=O)CCCCCCCCCCCCC/C=C\CCCCCCCCCC. The predicted octanol–water partition coefficient (Wildman–Crippen LogP) is 22.8. The van der Waals surface area contributed by atoms with Crippen LogP contribution in [0.2, 0.25) is 0 Å². The quantitative estimate of drug-likeness (QED) is 0.0261. The molecule has 1 atom stereocenters. The third-order valence-electron chi connectivity index (χ3n) is 14.3. The average molecular weight is 1090 g/mol. The molecule has 0 heterocycles. The minimum Gasteiger partial charge on any atom is -0.462 e. The molecule has 0 saturated carbocycles. The highest BCUT2D eigenvalue weighted by molar-refractivity contribution is 5.71. The van der Waals surface area contributed by atoms with E-state index in [0.717, 1.165) is 96.3 Å². The Bertz CT molecular complexity index is 1530. The van der Waals surface area contributed by atoms with E-state index >= 15 is 0 Å². The molecule has 0 N–H and O–H groups in total. The number of ether oxygens (including phenoxy) is 3. The van der Waals surface area contributed by atoms with Gasteiger partial charge in [0.05, 0.1) is 0 Å². The first-order chi connectivity index (χ1) is 38.5. The molecule has 0 fully saturated rings. The van der Waals surface area contributed by atoms with Crippen molar-refractivity contribution >= 4 is 17.9 Å². The van der Waals surface area contributed by atoms with Crippen molar-refractivity contribution in [3.8, 4) is 0 Å². The van der Waals surface area contributed by atoms with Gasteiger partial charge in [-0.15, -0.1) is 0 Å². The molecule has 6 heteroatoms. The van der Waals surface area contributed by atoms with Gasteiger partial charge in [-0.25, -0.2) is 0 Å². The van der Waals surface area contributed by atoms with Crippen LogP contribution in [0.15, 0.2) is 97.2 Å². The summed E-state index contributed by atoms with van der Waals surface area (Å²) in [6.45, 7) is 6.51. The zero-order chi connectivity index (χ0) is 56.4. The Labute approximate surface area is 483 Å². The molecule has 0 aromatic carbocycles. The fourth-order valence-corrected chi connectivity index (χ4v) is 9.32. The lowest BCUT2D eigenvalue weighted by molar-refractivity contribution is -0.167. The summed E-state index contributed by atoms with van der Waals surface area (Å²) in [6, 6.07) is 0. The normalized spacial score (nSPS) is 12.7. The highest BCUT2D eigenvalue weighted by atomic mass is 16.6. The van der Waals surface area contributed by atoms with Crippen molar-refractivity contribution in [2.45, 2.75) is 329 Å². The van der Waals surface area contributed by atoms with Crippen LogP contribution in [-0.4, -0.2) is 37.2 Å². The van der Waals surface area contributed by atoms with E-state index in [1.54, 1.807) is 0 Å². The van der Waals surface area contributed by atoms with E-state index in [9.17, 15) is 14.4 Å². The van der Waals surface area contributed by atoms with Crippen molar-refractivity contribution in [1.82, 2.24) is 0 Å². The number of hydrogen-bond donors (Lipinski definition) is 0. The first-order valence-corrected chi connectivity index (χ1v) is 33.2. The molecule has 0 rings (SSSR count). The van der Waals surface area contributed by atoms with Crippen LogP contribution < -0.4 is 0 Å². The molecular weight excluding hydrogens is 961 g/mol. The third-order valence-corrected chi connectivity index (χ3v) is 14.3. The fourth-order valence-electron chi connectivity index (χ4n) is 9.32. The Morgan fingerprint density at radius 2 is 0.500 bits per heavy atom. The van der Waals surface area contributed by atoms with Gasteiger partial charge in [-0.3, -0.25) is 14.4 Å². The summed E-state index contributed by atoms with van der Waals surface area (Å²) < 4.78 is 16.9. The number of esters is 3. The molecule has 0 bridgehead atoms. The summed E-state index contributed by atoms with van der Waals surface area (Å²) in [4.78, 5) is 38.4. The smallest absolute Gasteiger partial charge is 0.306 e. The van der Waals surface area contributed by atoms with Crippen LogP contribution >= 0.6 is 0 Å². The molecule has 0 aromatic rings. The Kier molecular flexibility index (Phi) is 62.7. The molecule has 0 radical (unpaired) electrons. The summed E-state index contributed by atoms with van der Waals surface area (Å²) in [5.74, 6) is -0.939. The first-order valence-electron chi connectivity index (χ1n) is 33.2. The van der Waals surface area contributed by atoms with Gasteiger partial charge in [0.1, 0.15) is 13.2 Å². The van der Waals surface area contributed by atoms with Gasteiger partial charge in [0, 0.05) is 19.3 Å². The summed E-state index contributed by atoms with van der Waals surface area (Å²) in [5.41, 5.74) is 0. The molecule has 0 saturated heterocycles. The van der Waals surface area contributed by atoms with Gasteiger partial charge in [-0.1, -0.05) is 279 Å². The summed E-state index contributed by atoms with van der Waals surface area (Å²) >= 11 is 0. The molecule has 1 unspecified atom stereocenters. The zero-order valence-corrected chi connectivity index (χ0v) is 51.4. The highest BCUT2D eigenvalue weighted by Crippen LogP contribution is 2.16. The van der Waals surface area contributed by atoms with E-state index in [1.165, 1.54) is 180 Å². The van der Waals surface area contributed by atoms with E-state index < -0.39 is 6.10 Å². The van der Waals surface area contributed by atoms with Gasteiger partial charge in [-0.2, -0.15) is 0 Å². The number of allylic oxidation sites excluding steroid dienone is 16. The molecule has 0 aliphatic heterocycles. The average Bonchev–Trinajstić information content (AvgIpc) is 3.44. The van der Waals surface area contributed by atoms with E-state index in [4.69, 9.17) is 14.2 Å². The maximum atomic E-state index is 12.9. The standard InChI is InChI=1S/C72H124O6/c1-4-7-10-13-16-19-22-25-28-31-33-35-36-38-39-41-44-47-50-53-56-59-62-65-71(74)77-68-69(67-76-70(73)64-61-58-55-52-49-46-43-30-27-24-21-18-15-12-9-6-3)78-72(75)66-63-60-57-54-51-48-45-42-40-37-34-32-29-26-23-20-17-14-11-8-5-2/h8,11,17,20,26,29-31,33-34,37,42-43,45,51,54,69H,4-7,9-10,12-16,18-19,21-25,27-28,32,35-36,38-41,44,46-50,52-53,55-68H2,1-3H3/b11-8-,20-17-,29-26-,33-31-,37-34-,43-30-,45-42-,54-51-. The molecule has 448 valence electrons. The van der Waals surface area contributed by atoms with Crippen molar-refractivity contribution < 1.29 is 28.6 Å². The number of unbranched alkanes of at least 4 members (excludes halogenated alkanes) is 33. The summed E-state index contributed by atoms with van der Waals surface area (Å²) in [6.07, 6.45) is 88.5. The maximum absolute atomic E-state index is 12.9. The van der Waals surface area contributed by atoms with Gasteiger partial charge >= 0.3 is 17.9 Å². The number of carbonyl (C=O) groups excluding carboxylic acids is 3. The Hall–Kier alpha value is -3.67. The van der Waals surface area contributed by atoms with Crippen molar-refractivity contribution in [1.29, 1.82) is 0 Å². The Morgan fingerprint density at radius 3 is 0.821 bits per heavy atom. The van der Waals surface area contributed by atoms with Crippen LogP contribution in [-0.2, 0) is 28.6 Å². The highest BCUT2D eigenvalue weighted by Gasteiger charge is 2.19. The Balaban J connectivity index is 4.43. The molecule has 0 spiro atoms. The van der Waals surface area contributed by atoms with Crippen LogP contribution in [0.3, 0.4) is 0 Å². The largest absolute Gasteiger partial charge is 0.462 e. The molecule has 0 aliphatic carbocycles. The monoisotopic (exact) mass is 1080 g/mol. The van der Waals surface area contributed by atoms with E-state index in [2.05, 4.69) is 118 Å². The maximum Gasteiger partial charge on any atom is 0.306 e. The van der Waals surface area contributed by atoms with E-state index in [1.807, 2.05) is 0 Å². The fraction of sp³-hybridized carbons (Fsp3) is 0.736. The van der Waals surface area contributed by atoms with Crippen LogP contribution in [0.4, 0.5) is 0 Å². The van der Waals surface area contributed by atoms with Gasteiger partial charge in [0.25, 0.3) is 0 Å². The second-order valence-electron chi connectivity index (χ2n) is 22.0. The van der Waals surface area contributed by atoms with Gasteiger partial charge in [-0.05, 0) is 122 Å². The summed E-state index contributed by atoms with van der Waals surface area (Å²) in [5, 5.41) is 0. The Morgan fingerprint density at radius 1 is 0.269 bits per heavy atom. The molecule has 0 aliphatic rings. The lowest BCUT2D eigenvalue weighted by atomic mass is 10.0. The number of rotatable bonds is 60. The lowest BCUT2D eigenvalue weighted by Crippen LogP contribution is -2.30. The number of hydrogen-bond acceptors (Lipinski definition) is 6. The molecule has 0 amide bonds. The second-order valence-corrected chi connectivity index (χ2v) is 22.0. The van der Waals surface area contributed by atoms with Crippen LogP contribution in [0.25, 0.3) is 0 Å². The third kappa shape index (κ3) is 63.2. The van der Waals surface area contributed by atoms with E-state index in [-0.39, 0.29) is 37.5 Å². The minimum atomic E-state index is -0.807. The van der Waals surface area contributed by atoms with E-state index in [0.29, 0.717) is 19.3 Å². The minimum absolute atomic E-state index is 0.0973. The van der Waals surface area contributed by atoms with Gasteiger partial charge in [0.15, 0.2) is 6.10 Å². The predicted molar refractivity (Wildman–Crippen MR) is 339 cm³/mol. The van der Waals surface area contributed by atoms with Crippen molar-refractivity contribution in [3.63, 3.8) is 0 Å². The molecule has 78 heavy (non-hydrogen) atoms. The summed E-state index contributed by atoms with van der Waals surface area (Å²) in [7, 11) is 0. The van der Waals surface area contributed by atoms with Gasteiger partial charge < -0.3 is 14.2 Å². The van der Waals surface area contributed by atoms with Crippen molar-refractivity contribution in [2.75, 3.05) is 13.2 Å². The van der Waals surface area contributed by atoms with Crippen LogP contribution in [0.5, 0.6) is 0 Å². The lowest BCUT2D eigenvalue weighted by Gasteiger charge is -2.18. The molecule has 6 nitrogen and oxygen atoms in total. The molecular formula is C72H124O6. The second kappa shape index (κ2) is 65.8. The van der Waals surface area contributed by atoms with Crippen LogP contribution in [0, 0.1) is 0 Å². The van der Waals surface area contributed by atoms with Gasteiger partial charge in [0.2, 0.25) is 0 Å².